The molecular formula is C27H26F2N6O3. The minimum atomic E-state index is -1.04. The number of urea groups is 1. The van der Waals surface area contributed by atoms with Gasteiger partial charge in [0.2, 0.25) is 5.88 Å². The highest BCUT2D eigenvalue weighted by atomic mass is 19.1. The minimum Gasteiger partial charge on any atom is -0.475 e. The largest absolute Gasteiger partial charge is 0.475 e. The van der Waals surface area contributed by atoms with Crippen molar-refractivity contribution < 1.29 is 23.4 Å². The molecule has 2 bridgehead atoms. The van der Waals surface area contributed by atoms with Gasteiger partial charge in [-0.3, -0.25) is 5.10 Å². The van der Waals surface area contributed by atoms with Gasteiger partial charge in [0.1, 0.15) is 18.1 Å². The minimum absolute atomic E-state index is 0.0139. The summed E-state index contributed by atoms with van der Waals surface area (Å²) in [6.07, 6.45) is 4.71. The van der Waals surface area contributed by atoms with Crippen LogP contribution in [-0.2, 0) is 0 Å². The Morgan fingerprint density at radius 1 is 1.21 bits per heavy atom. The molecule has 3 aromatic heterocycles. The van der Waals surface area contributed by atoms with Crippen LogP contribution in [0.4, 0.5) is 19.3 Å². The summed E-state index contributed by atoms with van der Waals surface area (Å²) in [7, 11) is 0. The van der Waals surface area contributed by atoms with Gasteiger partial charge in [0.05, 0.1) is 24.2 Å². The number of amides is 2. The smallest absolute Gasteiger partial charge is 0.319 e. The molecule has 2 amide bonds. The van der Waals surface area contributed by atoms with Crippen LogP contribution in [0, 0.1) is 18.2 Å². The van der Waals surface area contributed by atoms with E-state index < -0.39 is 17.5 Å². The molecule has 3 aliphatic rings. The summed E-state index contributed by atoms with van der Waals surface area (Å²) in [6.45, 7) is 1.99. The zero-order valence-corrected chi connectivity index (χ0v) is 20.6. The summed E-state index contributed by atoms with van der Waals surface area (Å²) in [6, 6.07) is 7.73. The Balaban J connectivity index is 1.31. The number of alkyl halides is 1. The number of rotatable bonds is 8. The number of H-pyrrole nitrogens is 1. The molecule has 4 N–H and O–H groups in total. The van der Waals surface area contributed by atoms with Crippen molar-refractivity contribution in [2.45, 2.75) is 31.9 Å². The molecular weight excluding hydrogens is 494 g/mol. The molecule has 3 saturated carbocycles. The van der Waals surface area contributed by atoms with Crippen LogP contribution < -0.4 is 15.4 Å². The van der Waals surface area contributed by atoms with Gasteiger partial charge >= 0.3 is 6.03 Å². The number of nitrogens with one attached hydrogen (secondary N) is 3. The molecule has 3 aliphatic carbocycles. The lowest BCUT2D eigenvalue weighted by Crippen LogP contribution is -2.68. The molecule has 3 fully saturated rings. The molecule has 9 nitrogen and oxygen atoms in total. The van der Waals surface area contributed by atoms with Crippen LogP contribution in [0.25, 0.3) is 33.4 Å². The SMILES string of the molecule is Cc1cc(F)c(NC(=O)NCC23CC(F)(C2)C3)cc1-c1cc(OCCO)nc(-c2ccnc3[nH]ncc23)c1. The zero-order chi connectivity index (χ0) is 26.5. The van der Waals surface area contributed by atoms with Crippen LogP contribution in [0.3, 0.4) is 0 Å². The number of ether oxygens (including phenoxy) is 1. The van der Waals surface area contributed by atoms with Gasteiger partial charge in [0.15, 0.2) is 5.65 Å². The Morgan fingerprint density at radius 2 is 2.03 bits per heavy atom. The number of carbonyl (C=O) groups excluding carboxylic acids is 1. The van der Waals surface area contributed by atoms with Crippen molar-refractivity contribution in [3.05, 3.63) is 54.1 Å². The summed E-state index contributed by atoms with van der Waals surface area (Å²) in [4.78, 5) is 21.4. The fraction of sp³-hybridized carbons (Fsp3) is 0.333. The van der Waals surface area contributed by atoms with Crippen molar-refractivity contribution >= 4 is 22.8 Å². The molecule has 1 aromatic carbocycles. The summed E-state index contributed by atoms with van der Waals surface area (Å²) in [5.41, 5.74) is 2.74. The number of nitrogens with zero attached hydrogens (tertiary/aromatic N) is 3. The van der Waals surface area contributed by atoms with Gasteiger partial charge < -0.3 is 20.5 Å². The second-order valence-corrected chi connectivity index (χ2v) is 10.3. The van der Waals surface area contributed by atoms with Crippen LogP contribution in [-0.4, -0.2) is 56.7 Å². The molecule has 196 valence electrons. The molecule has 0 aliphatic heterocycles. The van der Waals surface area contributed by atoms with Gasteiger partial charge in [-0.15, -0.1) is 0 Å². The summed E-state index contributed by atoms with van der Waals surface area (Å²) >= 11 is 0. The number of aliphatic hydroxyl groups is 1. The van der Waals surface area contributed by atoms with Crippen molar-refractivity contribution in [1.82, 2.24) is 25.5 Å². The van der Waals surface area contributed by atoms with E-state index in [1.165, 1.54) is 6.07 Å². The predicted octanol–water partition coefficient (Wildman–Crippen LogP) is 4.52. The van der Waals surface area contributed by atoms with Gasteiger partial charge in [0, 0.05) is 29.8 Å². The molecule has 7 rings (SSSR count). The number of hydrogen-bond donors (Lipinski definition) is 4. The Labute approximate surface area is 216 Å². The van der Waals surface area contributed by atoms with Gasteiger partial charge in [-0.25, -0.2) is 23.5 Å². The van der Waals surface area contributed by atoms with Gasteiger partial charge in [-0.2, -0.15) is 5.10 Å². The molecule has 0 saturated heterocycles. The zero-order valence-electron chi connectivity index (χ0n) is 20.6. The Bertz CT molecular complexity index is 1540. The first-order valence-electron chi connectivity index (χ1n) is 12.4. The molecule has 11 heteroatoms. The molecule has 38 heavy (non-hydrogen) atoms. The summed E-state index contributed by atoms with van der Waals surface area (Å²) < 4.78 is 34.3. The lowest BCUT2D eigenvalue weighted by molar-refractivity contribution is -0.208. The number of anilines is 1. The lowest BCUT2D eigenvalue weighted by Gasteiger charge is -2.65. The molecule has 0 unspecified atom stereocenters. The maximum atomic E-state index is 14.9. The second-order valence-electron chi connectivity index (χ2n) is 10.3. The molecule has 0 spiro atoms. The number of aryl methyl sites for hydroxylation is 1. The first-order valence-corrected chi connectivity index (χ1v) is 12.4. The van der Waals surface area contributed by atoms with Crippen molar-refractivity contribution in [2.75, 3.05) is 25.1 Å². The third kappa shape index (κ3) is 4.32. The average molecular weight is 521 g/mol. The van der Waals surface area contributed by atoms with Gasteiger partial charge in [-0.05, 0) is 72.6 Å². The first kappa shape index (κ1) is 24.2. The van der Waals surface area contributed by atoms with E-state index in [0.717, 1.165) is 10.9 Å². The number of pyridine rings is 2. The van der Waals surface area contributed by atoms with E-state index in [1.54, 1.807) is 31.5 Å². The summed E-state index contributed by atoms with van der Waals surface area (Å²) in [5.74, 6) is -0.296. The first-order chi connectivity index (χ1) is 18.3. The number of aliphatic hydroxyl groups excluding tert-OH is 1. The standard InChI is InChI=1S/C27H26F2N6O3/c1-15-6-20(28)22(34-25(37)31-14-26-11-27(29,12-26)13-26)9-18(15)16-7-21(33-23(8-16)38-5-4-36)17-2-3-30-24-19(17)10-32-35-24/h2-3,6-10,36H,4-5,11-14H2,1H3,(H,30,32,35)(H2,31,34,37). The van der Waals surface area contributed by atoms with Crippen LogP contribution in [0.15, 0.2) is 42.7 Å². The number of aromatic amines is 1. The third-order valence-electron chi connectivity index (χ3n) is 7.35. The van der Waals surface area contributed by atoms with E-state index in [2.05, 4.69) is 30.8 Å². The van der Waals surface area contributed by atoms with Crippen LogP contribution in [0.2, 0.25) is 0 Å². The number of carbonyl (C=O) groups is 1. The van der Waals surface area contributed by atoms with E-state index >= 15 is 0 Å². The van der Waals surface area contributed by atoms with Crippen molar-refractivity contribution in [3.8, 4) is 28.3 Å². The molecule has 0 atom stereocenters. The van der Waals surface area contributed by atoms with Gasteiger partial charge in [-0.1, -0.05) is 0 Å². The number of aromatic nitrogens is 4. The molecule has 0 radical (unpaired) electrons. The number of fused-ring (bicyclic) bond motifs is 1. The maximum absolute atomic E-state index is 14.9. The molecule has 4 aromatic rings. The fourth-order valence-corrected chi connectivity index (χ4v) is 5.66. The highest BCUT2D eigenvalue weighted by Crippen LogP contribution is 2.69. The lowest BCUT2D eigenvalue weighted by atomic mass is 9.42. The predicted molar refractivity (Wildman–Crippen MR) is 137 cm³/mol. The Kier molecular flexibility index (Phi) is 5.75. The molecule has 3 heterocycles. The van der Waals surface area contributed by atoms with Crippen LogP contribution in [0.5, 0.6) is 5.88 Å². The average Bonchev–Trinajstić information content (AvgIpc) is 3.34. The highest BCUT2D eigenvalue weighted by molar-refractivity contribution is 5.93. The van der Waals surface area contributed by atoms with E-state index in [9.17, 15) is 18.7 Å². The Hall–Kier alpha value is -4.12. The maximum Gasteiger partial charge on any atom is 0.319 e. The van der Waals surface area contributed by atoms with Gasteiger partial charge in [0.25, 0.3) is 0 Å². The topological polar surface area (TPSA) is 125 Å². The summed E-state index contributed by atoms with van der Waals surface area (Å²) in [5, 5.41) is 22.3. The quantitative estimate of drug-likeness (QED) is 0.271. The van der Waals surface area contributed by atoms with E-state index in [1.807, 2.05) is 12.1 Å². The van der Waals surface area contributed by atoms with E-state index in [-0.39, 0.29) is 30.2 Å². The number of halogens is 2. The highest BCUT2D eigenvalue weighted by Gasteiger charge is 2.68. The van der Waals surface area contributed by atoms with Crippen LogP contribution >= 0.6 is 0 Å². The Morgan fingerprint density at radius 3 is 2.79 bits per heavy atom. The number of benzene rings is 1. The number of hydrogen-bond acceptors (Lipinski definition) is 6. The second kappa shape index (κ2) is 9.02. The van der Waals surface area contributed by atoms with Crippen molar-refractivity contribution in [2.24, 2.45) is 5.41 Å². The normalized spacial score (nSPS) is 21.5. The monoisotopic (exact) mass is 520 g/mol. The van der Waals surface area contributed by atoms with E-state index in [4.69, 9.17) is 4.74 Å². The van der Waals surface area contributed by atoms with Crippen molar-refractivity contribution in [3.63, 3.8) is 0 Å². The van der Waals surface area contributed by atoms with E-state index in [0.29, 0.717) is 53.8 Å². The van der Waals surface area contributed by atoms with Crippen molar-refractivity contribution in [1.29, 1.82) is 0 Å². The third-order valence-corrected chi connectivity index (χ3v) is 7.35. The van der Waals surface area contributed by atoms with Crippen LogP contribution in [0.1, 0.15) is 24.8 Å². The fourth-order valence-electron chi connectivity index (χ4n) is 5.66.